The molecule has 118 valence electrons. The Kier molecular flexibility index (Phi) is 4.85. The van der Waals surface area contributed by atoms with Crippen LogP contribution in [0.25, 0.3) is 10.4 Å². The first-order chi connectivity index (χ1) is 10.3. The Labute approximate surface area is 129 Å². The largest absolute Gasteiger partial charge is 0.390 e. The van der Waals surface area contributed by atoms with Gasteiger partial charge in [-0.2, -0.15) is 13.2 Å². The van der Waals surface area contributed by atoms with E-state index >= 15 is 0 Å². The van der Waals surface area contributed by atoms with E-state index in [0.29, 0.717) is 10.4 Å². The fourth-order valence-corrected chi connectivity index (χ4v) is 2.87. The van der Waals surface area contributed by atoms with E-state index in [0.717, 1.165) is 16.2 Å². The van der Waals surface area contributed by atoms with Crippen molar-refractivity contribution in [3.05, 3.63) is 47.1 Å². The number of carbonyl (C=O) groups excluding carboxylic acids is 1. The fourth-order valence-electron chi connectivity index (χ4n) is 1.84. The first-order valence-corrected chi connectivity index (χ1v) is 7.26. The van der Waals surface area contributed by atoms with Crippen molar-refractivity contribution in [2.45, 2.75) is 12.6 Å². The molecule has 0 unspecified atom stereocenters. The molecular weight excluding hydrogens is 318 g/mol. The predicted octanol–water partition coefficient (Wildman–Crippen LogP) is 4.58. The Hall–Kier alpha value is -1.89. The minimum Gasteiger partial charge on any atom is -0.341 e. The SMILES string of the molecule is CN(CCC(F)(F)F)C(=O)c1ccc(-c2ccccc2F)s1. The lowest BCUT2D eigenvalue weighted by atomic mass is 10.2. The summed E-state index contributed by atoms with van der Waals surface area (Å²) in [6.45, 7) is -0.407. The van der Waals surface area contributed by atoms with Crippen LogP contribution in [0.3, 0.4) is 0 Å². The average molecular weight is 331 g/mol. The summed E-state index contributed by atoms with van der Waals surface area (Å²) >= 11 is 1.06. The number of hydrogen-bond donors (Lipinski definition) is 0. The lowest BCUT2D eigenvalue weighted by Crippen LogP contribution is -2.29. The summed E-state index contributed by atoms with van der Waals surface area (Å²) in [4.78, 5) is 13.9. The molecule has 0 radical (unpaired) electrons. The third-order valence-electron chi connectivity index (χ3n) is 3.03. The summed E-state index contributed by atoms with van der Waals surface area (Å²) in [6, 6.07) is 9.22. The number of benzene rings is 1. The van der Waals surface area contributed by atoms with E-state index in [2.05, 4.69) is 0 Å². The number of hydrogen-bond acceptors (Lipinski definition) is 2. The predicted molar refractivity (Wildman–Crippen MR) is 77.3 cm³/mol. The van der Waals surface area contributed by atoms with E-state index in [1.165, 1.54) is 19.2 Å². The monoisotopic (exact) mass is 331 g/mol. The number of halogens is 4. The Morgan fingerprint density at radius 3 is 2.50 bits per heavy atom. The number of alkyl halides is 3. The quantitative estimate of drug-likeness (QED) is 0.751. The van der Waals surface area contributed by atoms with Gasteiger partial charge in [-0.1, -0.05) is 18.2 Å². The fraction of sp³-hybridized carbons (Fsp3) is 0.267. The second-order valence-electron chi connectivity index (χ2n) is 4.74. The van der Waals surface area contributed by atoms with E-state index in [-0.39, 0.29) is 4.88 Å². The maximum Gasteiger partial charge on any atom is 0.390 e. The van der Waals surface area contributed by atoms with Crippen molar-refractivity contribution in [3.8, 4) is 10.4 Å². The lowest BCUT2D eigenvalue weighted by molar-refractivity contribution is -0.136. The molecule has 0 aliphatic carbocycles. The Morgan fingerprint density at radius 1 is 1.18 bits per heavy atom. The summed E-state index contributed by atoms with van der Waals surface area (Å²) in [6.07, 6.45) is -5.36. The minimum atomic E-state index is -4.30. The maximum atomic E-state index is 13.7. The van der Waals surface area contributed by atoms with Crippen LogP contribution >= 0.6 is 11.3 Å². The molecule has 0 saturated carbocycles. The first-order valence-electron chi connectivity index (χ1n) is 6.45. The van der Waals surface area contributed by atoms with Gasteiger partial charge in [0.25, 0.3) is 5.91 Å². The van der Waals surface area contributed by atoms with Crippen LogP contribution < -0.4 is 0 Å². The normalized spacial score (nSPS) is 11.5. The van der Waals surface area contributed by atoms with Crippen LogP contribution in [-0.4, -0.2) is 30.6 Å². The Morgan fingerprint density at radius 2 is 1.86 bits per heavy atom. The Bertz CT molecular complexity index is 666. The standard InChI is InChI=1S/C15H13F4NOS/c1-20(9-8-15(17,18)19)14(21)13-7-6-12(22-13)10-4-2-3-5-11(10)16/h2-7H,8-9H2,1H3. The highest BCUT2D eigenvalue weighted by molar-refractivity contribution is 7.17. The van der Waals surface area contributed by atoms with Gasteiger partial charge in [0, 0.05) is 24.0 Å². The van der Waals surface area contributed by atoms with E-state index in [1.54, 1.807) is 24.3 Å². The molecule has 1 heterocycles. The van der Waals surface area contributed by atoms with Gasteiger partial charge in [-0.05, 0) is 18.2 Å². The third-order valence-corrected chi connectivity index (χ3v) is 4.14. The molecule has 7 heteroatoms. The van der Waals surface area contributed by atoms with Gasteiger partial charge >= 0.3 is 6.18 Å². The van der Waals surface area contributed by atoms with Crippen LogP contribution in [0.1, 0.15) is 16.1 Å². The van der Waals surface area contributed by atoms with Crippen LogP contribution in [0, 0.1) is 5.82 Å². The zero-order chi connectivity index (χ0) is 16.3. The number of amides is 1. The number of rotatable bonds is 4. The van der Waals surface area contributed by atoms with Crippen molar-refractivity contribution in [2.75, 3.05) is 13.6 Å². The van der Waals surface area contributed by atoms with E-state index < -0.39 is 30.9 Å². The van der Waals surface area contributed by atoms with Gasteiger partial charge in [-0.3, -0.25) is 4.79 Å². The molecule has 0 fully saturated rings. The van der Waals surface area contributed by atoms with Gasteiger partial charge in [0.2, 0.25) is 0 Å². The minimum absolute atomic E-state index is 0.280. The highest BCUT2D eigenvalue weighted by Crippen LogP contribution is 2.30. The highest BCUT2D eigenvalue weighted by atomic mass is 32.1. The summed E-state index contributed by atoms with van der Waals surface area (Å²) in [5.41, 5.74) is 0.365. The molecule has 0 spiro atoms. The number of thiophene rings is 1. The van der Waals surface area contributed by atoms with Crippen molar-refractivity contribution in [1.82, 2.24) is 4.90 Å². The van der Waals surface area contributed by atoms with Crippen molar-refractivity contribution < 1.29 is 22.4 Å². The number of carbonyl (C=O) groups is 1. The molecule has 0 aliphatic rings. The first kappa shape index (κ1) is 16.5. The van der Waals surface area contributed by atoms with Crippen LogP contribution in [0.4, 0.5) is 17.6 Å². The molecule has 1 amide bonds. The molecule has 1 aromatic heterocycles. The number of nitrogens with zero attached hydrogens (tertiary/aromatic N) is 1. The van der Waals surface area contributed by atoms with Crippen LogP contribution in [0.2, 0.25) is 0 Å². The molecule has 0 N–H and O–H groups in total. The summed E-state index contributed by atoms with van der Waals surface area (Å²) < 4.78 is 50.2. The van der Waals surface area contributed by atoms with Crippen molar-refractivity contribution in [3.63, 3.8) is 0 Å². The van der Waals surface area contributed by atoms with Gasteiger partial charge in [0.1, 0.15) is 5.82 Å². The molecular formula is C15H13F4NOS. The lowest BCUT2D eigenvalue weighted by Gasteiger charge is -2.17. The smallest absolute Gasteiger partial charge is 0.341 e. The zero-order valence-corrected chi connectivity index (χ0v) is 12.5. The maximum absolute atomic E-state index is 13.7. The molecule has 1 aromatic carbocycles. The molecule has 2 aromatic rings. The molecule has 2 nitrogen and oxygen atoms in total. The van der Waals surface area contributed by atoms with Gasteiger partial charge < -0.3 is 4.90 Å². The van der Waals surface area contributed by atoms with Crippen molar-refractivity contribution >= 4 is 17.2 Å². The van der Waals surface area contributed by atoms with Gasteiger partial charge in [0.05, 0.1) is 11.3 Å². The van der Waals surface area contributed by atoms with Gasteiger partial charge in [-0.15, -0.1) is 11.3 Å². The zero-order valence-electron chi connectivity index (χ0n) is 11.7. The Balaban J connectivity index is 2.11. The van der Waals surface area contributed by atoms with E-state index in [1.807, 2.05) is 0 Å². The van der Waals surface area contributed by atoms with E-state index in [9.17, 15) is 22.4 Å². The molecule has 0 bridgehead atoms. The second kappa shape index (κ2) is 6.48. The average Bonchev–Trinajstić information content (AvgIpc) is 2.93. The molecule has 22 heavy (non-hydrogen) atoms. The van der Waals surface area contributed by atoms with Gasteiger partial charge in [-0.25, -0.2) is 4.39 Å². The van der Waals surface area contributed by atoms with E-state index in [4.69, 9.17) is 0 Å². The third kappa shape index (κ3) is 4.07. The van der Waals surface area contributed by atoms with Crippen LogP contribution in [0.15, 0.2) is 36.4 Å². The summed E-state index contributed by atoms with van der Waals surface area (Å²) in [5, 5.41) is 0. The molecule has 2 rings (SSSR count). The molecule has 0 aliphatic heterocycles. The second-order valence-corrected chi connectivity index (χ2v) is 5.82. The topological polar surface area (TPSA) is 20.3 Å². The van der Waals surface area contributed by atoms with Crippen LogP contribution in [-0.2, 0) is 0 Å². The van der Waals surface area contributed by atoms with Crippen molar-refractivity contribution in [1.29, 1.82) is 0 Å². The molecule has 0 saturated heterocycles. The van der Waals surface area contributed by atoms with Gasteiger partial charge in [0.15, 0.2) is 0 Å². The van der Waals surface area contributed by atoms with Crippen LogP contribution in [0.5, 0.6) is 0 Å². The highest BCUT2D eigenvalue weighted by Gasteiger charge is 2.28. The summed E-state index contributed by atoms with van der Waals surface area (Å²) in [5.74, 6) is -0.911. The summed E-state index contributed by atoms with van der Waals surface area (Å²) in [7, 11) is 1.32. The molecule has 0 atom stereocenters. The van der Waals surface area contributed by atoms with Crippen molar-refractivity contribution in [2.24, 2.45) is 0 Å².